The molecule has 0 amide bonds. The number of pyridine rings is 1. The molecule has 6 nitrogen and oxygen atoms in total. The van der Waals surface area contributed by atoms with Crippen LogP contribution in [0.4, 0.5) is 0 Å². The molecule has 2 rings (SSSR count). The number of H-pyrrole nitrogens is 1. The average molecular weight is 248 g/mol. The van der Waals surface area contributed by atoms with Gasteiger partial charge in [-0.25, -0.2) is 9.97 Å². The lowest BCUT2D eigenvalue weighted by atomic mass is 10.1. The van der Waals surface area contributed by atoms with Crippen molar-refractivity contribution in [3.05, 3.63) is 29.2 Å². The number of rotatable bonds is 3. The Balaban J connectivity index is 2.39. The molecule has 0 aromatic carbocycles. The molecule has 17 heavy (non-hydrogen) atoms. The van der Waals surface area contributed by atoms with Gasteiger partial charge >= 0.3 is 0 Å². The first-order valence-electron chi connectivity index (χ1n) is 4.95. The Morgan fingerprint density at radius 3 is 2.82 bits per heavy atom. The molecule has 0 radical (unpaired) electrons. The molecular weight excluding hydrogens is 236 g/mol. The third kappa shape index (κ3) is 2.44. The molecule has 4 N–H and O–H groups in total. The van der Waals surface area contributed by atoms with Crippen LogP contribution in [0.15, 0.2) is 22.4 Å². The second-order valence-electron chi connectivity index (χ2n) is 3.53. The molecule has 0 atom stereocenters. The summed E-state index contributed by atoms with van der Waals surface area (Å²) in [6, 6.07) is 1.82. The maximum absolute atomic E-state index is 7.56. The number of nitrogens with two attached hydrogens (primary N) is 1. The van der Waals surface area contributed by atoms with E-state index < -0.39 is 0 Å². The topological polar surface area (TPSA) is 104 Å². The summed E-state index contributed by atoms with van der Waals surface area (Å²) in [4.78, 5) is 8.39. The highest BCUT2D eigenvalue weighted by Gasteiger charge is 2.13. The summed E-state index contributed by atoms with van der Waals surface area (Å²) in [5.74, 6) is 0.745. The Morgan fingerprint density at radius 2 is 2.24 bits per heavy atom. The summed E-state index contributed by atoms with van der Waals surface area (Å²) in [7, 11) is 0. The first-order chi connectivity index (χ1) is 8.08. The smallest absolute Gasteiger partial charge is 0.214 e. The van der Waals surface area contributed by atoms with Crippen LogP contribution in [0.1, 0.15) is 17.0 Å². The van der Waals surface area contributed by atoms with E-state index in [2.05, 4.69) is 20.2 Å². The van der Waals surface area contributed by atoms with Gasteiger partial charge in [-0.15, -0.1) is 5.10 Å². The fraction of sp³-hybridized carbons (Fsp3) is 0.200. The summed E-state index contributed by atoms with van der Waals surface area (Å²) >= 11 is 1.29. The predicted molar refractivity (Wildman–Crippen MR) is 65.2 cm³/mol. The second kappa shape index (κ2) is 4.54. The van der Waals surface area contributed by atoms with E-state index in [1.54, 1.807) is 6.20 Å². The van der Waals surface area contributed by atoms with Gasteiger partial charge in [0.25, 0.3) is 0 Å². The minimum absolute atomic E-state index is 0.00496. The number of nitrogens with zero attached hydrogens (tertiary/aromatic N) is 3. The van der Waals surface area contributed by atoms with E-state index in [1.807, 2.05) is 19.9 Å². The van der Waals surface area contributed by atoms with Crippen LogP contribution < -0.4 is 5.73 Å². The summed E-state index contributed by atoms with van der Waals surface area (Å²) in [6.45, 7) is 3.72. The quantitative estimate of drug-likeness (QED) is 0.560. The van der Waals surface area contributed by atoms with Crippen molar-refractivity contribution < 1.29 is 0 Å². The molecule has 0 saturated carbocycles. The van der Waals surface area contributed by atoms with E-state index in [0.717, 1.165) is 11.4 Å². The van der Waals surface area contributed by atoms with Crippen molar-refractivity contribution in [2.45, 2.75) is 24.0 Å². The van der Waals surface area contributed by atoms with Crippen molar-refractivity contribution in [1.82, 2.24) is 20.2 Å². The van der Waals surface area contributed by atoms with Crippen molar-refractivity contribution in [1.29, 1.82) is 5.41 Å². The molecule has 2 aromatic rings. The zero-order valence-corrected chi connectivity index (χ0v) is 10.3. The molecule has 0 aliphatic heterocycles. The Labute approximate surface area is 103 Å². The van der Waals surface area contributed by atoms with Gasteiger partial charge < -0.3 is 5.73 Å². The molecule has 2 aromatic heterocycles. The summed E-state index contributed by atoms with van der Waals surface area (Å²) in [5.41, 5.74) is 7.11. The van der Waals surface area contributed by atoms with Gasteiger partial charge in [-0.2, -0.15) is 0 Å². The summed E-state index contributed by atoms with van der Waals surface area (Å²) in [5, 5.41) is 15.6. The third-order valence-electron chi connectivity index (χ3n) is 2.16. The summed E-state index contributed by atoms with van der Waals surface area (Å²) < 4.78 is 0. The number of aromatic amines is 1. The molecule has 0 fully saturated rings. The first kappa shape index (κ1) is 11.6. The van der Waals surface area contributed by atoms with E-state index in [4.69, 9.17) is 11.1 Å². The normalized spacial score (nSPS) is 10.5. The van der Waals surface area contributed by atoms with Crippen molar-refractivity contribution in [2.24, 2.45) is 5.73 Å². The SMILES string of the molecule is Cc1nc(Sc2nccc(C)c2C(=N)N)n[nH]1. The highest BCUT2D eigenvalue weighted by Crippen LogP contribution is 2.27. The lowest BCUT2D eigenvalue weighted by molar-refractivity contribution is 0.962. The molecule has 2 heterocycles. The Morgan fingerprint density at radius 1 is 1.47 bits per heavy atom. The van der Waals surface area contributed by atoms with E-state index >= 15 is 0 Å². The number of hydrogen-bond donors (Lipinski definition) is 3. The fourth-order valence-corrected chi connectivity index (χ4v) is 2.33. The standard InChI is InChI=1S/C10H12N6S/c1-5-3-4-13-9(7(5)8(11)12)17-10-14-6(2)15-16-10/h3-4H,1-2H3,(H3,11,12)(H,14,15,16). The number of aromatic nitrogens is 4. The first-order valence-corrected chi connectivity index (χ1v) is 5.76. The van der Waals surface area contributed by atoms with Crippen molar-refractivity contribution in [2.75, 3.05) is 0 Å². The highest BCUT2D eigenvalue weighted by molar-refractivity contribution is 7.99. The second-order valence-corrected chi connectivity index (χ2v) is 4.48. The fourth-order valence-electron chi connectivity index (χ4n) is 1.39. The zero-order valence-electron chi connectivity index (χ0n) is 9.48. The van der Waals surface area contributed by atoms with Gasteiger partial charge in [0, 0.05) is 6.20 Å². The van der Waals surface area contributed by atoms with E-state index in [0.29, 0.717) is 15.7 Å². The molecule has 0 aliphatic carbocycles. The minimum Gasteiger partial charge on any atom is -0.384 e. The Bertz CT molecular complexity index is 562. The molecule has 0 saturated heterocycles. The molecule has 0 spiro atoms. The number of hydrogen-bond acceptors (Lipinski definition) is 5. The number of amidine groups is 1. The maximum Gasteiger partial charge on any atom is 0.214 e. The van der Waals surface area contributed by atoms with Gasteiger partial charge in [0.1, 0.15) is 16.7 Å². The monoisotopic (exact) mass is 248 g/mol. The molecule has 0 bridgehead atoms. The number of nitrogens with one attached hydrogen (secondary N) is 2. The summed E-state index contributed by atoms with van der Waals surface area (Å²) in [6.07, 6.45) is 1.68. The largest absolute Gasteiger partial charge is 0.384 e. The average Bonchev–Trinajstić information content (AvgIpc) is 2.63. The number of nitrogen functional groups attached to an aromatic ring is 1. The molecule has 7 heteroatoms. The van der Waals surface area contributed by atoms with E-state index in [1.165, 1.54) is 11.8 Å². The van der Waals surface area contributed by atoms with E-state index in [-0.39, 0.29) is 5.84 Å². The zero-order chi connectivity index (χ0) is 12.4. The molecule has 0 unspecified atom stereocenters. The van der Waals surface area contributed by atoms with E-state index in [9.17, 15) is 0 Å². The maximum atomic E-state index is 7.56. The molecule has 0 aliphatic rings. The van der Waals surface area contributed by atoms with Gasteiger partial charge in [-0.05, 0) is 37.2 Å². The van der Waals surface area contributed by atoms with Gasteiger partial charge in [0.05, 0.1) is 5.56 Å². The van der Waals surface area contributed by atoms with Crippen LogP contribution in [-0.2, 0) is 0 Å². The van der Waals surface area contributed by atoms with Crippen LogP contribution in [0.25, 0.3) is 0 Å². The van der Waals surface area contributed by atoms with Gasteiger partial charge in [0.15, 0.2) is 0 Å². The Hall–Kier alpha value is -1.89. The molecular formula is C10H12N6S. The predicted octanol–water partition coefficient (Wildman–Crippen LogP) is 1.25. The van der Waals surface area contributed by atoms with Crippen LogP contribution in [0, 0.1) is 19.3 Å². The van der Waals surface area contributed by atoms with Crippen LogP contribution >= 0.6 is 11.8 Å². The highest BCUT2D eigenvalue weighted by atomic mass is 32.2. The van der Waals surface area contributed by atoms with Crippen LogP contribution in [0.3, 0.4) is 0 Å². The third-order valence-corrected chi connectivity index (χ3v) is 3.03. The van der Waals surface area contributed by atoms with Crippen molar-refractivity contribution >= 4 is 17.6 Å². The van der Waals surface area contributed by atoms with Crippen molar-refractivity contribution in [3.63, 3.8) is 0 Å². The Kier molecular flexibility index (Phi) is 3.10. The lowest BCUT2D eigenvalue weighted by Gasteiger charge is -2.07. The van der Waals surface area contributed by atoms with Gasteiger partial charge in [-0.1, -0.05) is 0 Å². The minimum atomic E-state index is 0.00496. The lowest BCUT2D eigenvalue weighted by Crippen LogP contribution is -2.14. The number of aryl methyl sites for hydroxylation is 2. The molecule has 88 valence electrons. The van der Waals surface area contributed by atoms with Crippen LogP contribution in [-0.4, -0.2) is 26.0 Å². The van der Waals surface area contributed by atoms with Gasteiger partial charge in [-0.3, -0.25) is 10.5 Å². The van der Waals surface area contributed by atoms with Crippen LogP contribution in [0.2, 0.25) is 0 Å². The van der Waals surface area contributed by atoms with Gasteiger partial charge in [0.2, 0.25) is 5.16 Å². The van der Waals surface area contributed by atoms with Crippen LogP contribution in [0.5, 0.6) is 0 Å². The van der Waals surface area contributed by atoms with Crippen molar-refractivity contribution in [3.8, 4) is 0 Å².